The van der Waals surface area contributed by atoms with Crippen LogP contribution in [-0.4, -0.2) is 23.7 Å². The summed E-state index contributed by atoms with van der Waals surface area (Å²) in [5, 5.41) is 0. The molecule has 0 N–H and O–H groups in total. The molecule has 0 radical (unpaired) electrons. The minimum absolute atomic E-state index is 0.239. The van der Waals surface area contributed by atoms with Crippen LogP contribution in [0.2, 0.25) is 0 Å². The number of halogens is 1. The molecule has 6 heteroatoms. The molecule has 136 valence electrons. The number of carbonyl (C=O) groups is 1. The SMILES string of the molecule is CCOCCn1c(=NC(=O)c2cccc(Br)c2)sc2c(C)cc(C)cc21. The first-order valence-corrected chi connectivity index (χ1v) is 10.1. The van der Waals surface area contributed by atoms with Crippen molar-refractivity contribution in [1.29, 1.82) is 0 Å². The van der Waals surface area contributed by atoms with Crippen LogP contribution < -0.4 is 4.80 Å². The Morgan fingerprint density at radius 2 is 2.08 bits per heavy atom. The molecule has 0 saturated carbocycles. The molecular formula is C20H21BrN2O2S. The lowest BCUT2D eigenvalue weighted by molar-refractivity contribution is 0.0996. The zero-order valence-electron chi connectivity index (χ0n) is 15.1. The van der Waals surface area contributed by atoms with Crippen LogP contribution in [0.1, 0.15) is 28.4 Å². The number of thiazole rings is 1. The van der Waals surface area contributed by atoms with E-state index in [4.69, 9.17) is 4.74 Å². The summed E-state index contributed by atoms with van der Waals surface area (Å²) in [5.41, 5.74) is 4.07. The lowest BCUT2D eigenvalue weighted by Crippen LogP contribution is -2.19. The van der Waals surface area contributed by atoms with Crippen molar-refractivity contribution in [3.05, 3.63) is 62.4 Å². The number of nitrogens with zero attached hydrogens (tertiary/aromatic N) is 2. The largest absolute Gasteiger partial charge is 0.380 e. The van der Waals surface area contributed by atoms with Crippen molar-refractivity contribution in [1.82, 2.24) is 4.57 Å². The maximum atomic E-state index is 12.7. The summed E-state index contributed by atoms with van der Waals surface area (Å²) in [6, 6.07) is 11.6. The fraction of sp³-hybridized carbons (Fsp3) is 0.300. The highest BCUT2D eigenvalue weighted by molar-refractivity contribution is 9.10. The Morgan fingerprint density at radius 3 is 2.81 bits per heavy atom. The van der Waals surface area contributed by atoms with Crippen LogP contribution in [0.25, 0.3) is 10.2 Å². The van der Waals surface area contributed by atoms with E-state index in [1.54, 1.807) is 23.5 Å². The summed E-state index contributed by atoms with van der Waals surface area (Å²) >= 11 is 4.96. The average molecular weight is 433 g/mol. The molecule has 0 bridgehead atoms. The Morgan fingerprint density at radius 1 is 1.27 bits per heavy atom. The third-order valence-corrected chi connectivity index (χ3v) is 5.77. The summed E-state index contributed by atoms with van der Waals surface area (Å²) in [7, 11) is 0. The second kappa shape index (κ2) is 8.29. The van der Waals surface area contributed by atoms with Crippen LogP contribution in [0, 0.1) is 13.8 Å². The Labute approximate surface area is 165 Å². The van der Waals surface area contributed by atoms with Crippen LogP contribution in [0.3, 0.4) is 0 Å². The van der Waals surface area contributed by atoms with E-state index >= 15 is 0 Å². The van der Waals surface area contributed by atoms with Gasteiger partial charge in [-0.1, -0.05) is 39.4 Å². The summed E-state index contributed by atoms with van der Waals surface area (Å²) in [4.78, 5) is 17.8. The van der Waals surface area contributed by atoms with Gasteiger partial charge in [-0.25, -0.2) is 0 Å². The van der Waals surface area contributed by atoms with Crippen molar-refractivity contribution < 1.29 is 9.53 Å². The monoisotopic (exact) mass is 432 g/mol. The predicted octanol–water partition coefficient (Wildman–Crippen LogP) is 4.86. The number of hydrogen-bond donors (Lipinski definition) is 0. The smallest absolute Gasteiger partial charge is 0.279 e. The van der Waals surface area contributed by atoms with Gasteiger partial charge in [0.05, 0.1) is 16.8 Å². The number of rotatable bonds is 5. The summed E-state index contributed by atoms with van der Waals surface area (Å²) in [6.45, 7) is 8.09. The maximum Gasteiger partial charge on any atom is 0.279 e. The average Bonchev–Trinajstić information content (AvgIpc) is 2.93. The number of amides is 1. The van der Waals surface area contributed by atoms with Crippen molar-refractivity contribution in [2.75, 3.05) is 13.2 Å². The van der Waals surface area contributed by atoms with Gasteiger partial charge in [-0.05, 0) is 56.2 Å². The minimum atomic E-state index is -0.239. The zero-order valence-corrected chi connectivity index (χ0v) is 17.5. The molecular weight excluding hydrogens is 412 g/mol. The van der Waals surface area contributed by atoms with E-state index < -0.39 is 0 Å². The van der Waals surface area contributed by atoms with E-state index in [9.17, 15) is 4.79 Å². The van der Waals surface area contributed by atoms with Crippen molar-refractivity contribution in [2.45, 2.75) is 27.3 Å². The molecule has 26 heavy (non-hydrogen) atoms. The van der Waals surface area contributed by atoms with E-state index in [2.05, 4.69) is 51.5 Å². The van der Waals surface area contributed by atoms with Crippen molar-refractivity contribution >= 4 is 43.4 Å². The van der Waals surface area contributed by atoms with Gasteiger partial charge >= 0.3 is 0 Å². The molecule has 0 aliphatic carbocycles. The summed E-state index contributed by atoms with van der Waals surface area (Å²) < 4.78 is 9.64. The molecule has 0 atom stereocenters. The van der Waals surface area contributed by atoms with Crippen molar-refractivity contribution in [3.8, 4) is 0 Å². The molecule has 0 unspecified atom stereocenters. The molecule has 3 rings (SSSR count). The highest BCUT2D eigenvalue weighted by Gasteiger charge is 2.11. The number of fused-ring (bicyclic) bond motifs is 1. The highest BCUT2D eigenvalue weighted by atomic mass is 79.9. The number of hydrogen-bond acceptors (Lipinski definition) is 3. The van der Waals surface area contributed by atoms with Gasteiger partial charge in [0, 0.05) is 23.2 Å². The minimum Gasteiger partial charge on any atom is -0.380 e. The van der Waals surface area contributed by atoms with Gasteiger partial charge in [-0.15, -0.1) is 0 Å². The van der Waals surface area contributed by atoms with E-state index in [0.717, 1.165) is 14.7 Å². The Kier molecular flexibility index (Phi) is 6.06. The lowest BCUT2D eigenvalue weighted by Gasteiger charge is -2.07. The lowest BCUT2D eigenvalue weighted by atomic mass is 10.1. The summed E-state index contributed by atoms with van der Waals surface area (Å²) in [6.07, 6.45) is 0. The fourth-order valence-corrected chi connectivity index (χ4v) is 4.39. The normalized spacial score (nSPS) is 12.1. The fourth-order valence-electron chi connectivity index (χ4n) is 2.89. The van der Waals surface area contributed by atoms with E-state index in [-0.39, 0.29) is 5.91 Å². The number of carbonyl (C=O) groups excluding carboxylic acids is 1. The topological polar surface area (TPSA) is 43.6 Å². The molecule has 3 aromatic rings. The second-order valence-electron chi connectivity index (χ2n) is 6.09. The van der Waals surface area contributed by atoms with Gasteiger partial charge in [0.2, 0.25) is 0 Å². The first-order chi connectivity index (χ1) is 12.5. The van der Waals surface area contributed by atoms with Gasteiger partial charge in [0.1, 0.15) is 0 Å². The molecule has 0 saturated heterocycles. The Bertz CT molecular complexity index is 1020. The Balaban J connectivity index is 2.12. The van der Waals surface area contributed by atoms with Gasteiger partial charge < -0.3 is 9.30 Å². The standard InChI is InChI=1S/C20H21BrN2O2S/c1-4-25-9-8-23-17-11-13(2)10-14(3)18(17)26-20(23)22-19(24)15-6-5-7-16(21)12-15/h5-7,10-12H,4,8-9H2,1-3H3. The molecule has 0 aliphatic rings. The maximum absolute atomic E-state index is 12.7. The highest BCUT2D eigenvalue weighted by Crippen LogP contribution is 2.23. The van der Waals surface area contributed by atoms with Gasteiger partial charge in [-0.3, -0.25) is 4.79 Å². The zero-order chi connectivity index (χ0) is 18.7. The number of aromatic nitrogens is 1. The molecule has 4 nitrogen and oxygen atoms in total. The second-order valence-corrected chi connectivity index (χ2v) is 7.98. The van der Waals surface area contributed by atoms with Crippen LogP contribution in [0.4, 0.5) is 0 Å². The van der Waals surface area contributed by atoms with E-state index in [1.807, 2.05) is 19.1 Å². The summed E-state index contributed by atoms with van der Waals surface area (Å²) in [5.74, 6) is -0.239. The van der Waals surface area contributed by atoms with Crippen molar-refractivity contribution in [2.24, 2.45) is 4.99 Å². The predicted molar refractivity (Wildman–Crippen MR) is 110 cm³/mol. The first-order valence-electron chi connectivity index (χ1n) is 8.52. The number of benzene rings is 2. The first kappa shape index (κ1) is 19.0. The van der Waals surface area contributed by atoms with E-state index in [1.165, 1.54) is 11.1 Å². The third kappa shape index (κ3) is 4.14. The quantitative estimate of drug-likeness (QED) is 0.540. The molecule has 1 amide bonds. The third-order valence-electron chi connectivity index (χ3n) is 4.05. The van der Waals surface area contributed by atoms with Crippen LogP contribution >= 0.6 is 27.3 Å². The van der Waals surface area contributed by atoms with Crippen molar-refractivity contribution in [3.63, 3.8) is 0 Å². The number of ether oxygens (including phenoxy) is 1. The van der Waals surface area contributed by atoms with Crippen LogP contribution in [-0.2, 0) is 11.3 Å². The molecule has 2 aromatic carbocycles. The van der Waals surface area contributed by atoms with Crippen LogP contribution in [0.5, 0.6) is 0 Å². The molecule has 1 aromatic heterocycles. The molecule has 0 fully saturated rings. The molecule has 0 spiro atoms. The van der Waals surface area contributed by atoms with E-state index in [0.29, 0.717) is 30.1 Å². The molecule has 1 heterocycles. The molecule has 0 aliphatic heterocycles. The van der Waals surface area contributed by atoms with Gasteiger partial charge in [-0.2, -0.15) is 4.99 Å². The Hall–Kier alpha value is -1.76. The van der Waals surface area contributed by atoms with Gasteiger partial charge in [0.25, 0.3) is 5.91 Å². The van der Waals surface area contributed by atoms with Gasteiger partial charge in [0.15, 0.2) is 4.80 Å². The number of aryl methyl sites for hydroxylation is 2. The van der Waals surface area contributed by atoms with Crippen LogP contribution in [0.15, 0.2) is 45.9 Å².